The molecule has 104 valence electrons. The number of nitrogens with one attached hydrogen (secondary N) is 2. The van der Waals surface area contributed by atoms with Gasteiger partial charge in [0.25, 0.3) is 0 Å². The second-order valence-corrected chi connectivity index (χ2v) is 4.96. The maximum absolute atomic E-state index is 11.6. The van der Waals surface area contributed by atoms with Crippen LogP contribution in [0.5, 0.6) is 5.75 Å². The number of carbonyl (C=O) groups is 1. The van der Waals surface area contributed by atoms with E-state index < -0.39 is 0 Å². The number of hydrogen-bond donors (Lipinski definition) is 2. The van der Waals surface area contributed by atoms with Crippen LogP contribution in [-0.2, 0) is 11.3 Å². The molecule has 0 saturated heterocycles. The molecule has 0 spiro atoms. The van der Waals surface area contributed by atoms with Crippen molar-refractivity contribution in [3.8, 4) is 5.75 Å². The lowest BCUT2D eigenvalue weighted by Gasteiger charge is -2.10. The molecule has 1 saturated carbocycles. The molecule has 0 atom stereocenters. The Labute approximate surface area is 114 Å². The van der Waals surface area contributed by atoms with Crippen molar-refractivity contribution in [1.82, 2.24) is 10.6 Å². The van der Waals surface area contributed by atoms with E-state index in [1.54, 1.807) is 0 Å². The highest BCUT2D eigenvalue weighted by molar-refractivity contribution is 5.78. The maximum atomic E-state index is 11.6. The van der Waals surface area contributed by atoms with Crippen molar-refractivity contribution >= 4 is 5.91 Å². The van der Waals surface area contributed by atoms with Crippen molar-refractivity contribution in [3.05, 3.63) is 29.3 Å². The molecule has 1 amide bonds. The Morgan fingerprint density at radius 2 is 2.21 bits per heavy atom. The van der Waals surface area contributed by atoms with E-state index in [9.17, 15) is 4.79 Å². The topological polar surface area (TPSA) is 50.4 Å². The van der Waals surface area contributed by atoms with Crippen LogP contribution >= 0.6 is 0 Å². The van der Waals surface area contributed by atoms with Gasteiger partial charge >= 0.3 is 0 Å². The monoisotopic (exact) mass is 262 g/mol. The first kappa shape index (κ1) is 13.9. The second kappa shape index (κ2) is 6.57. The second-order valence-electron chi connectivity index (χ2n) is 4.96. The molecule has 0 aliphatic heterocycles. The highest BCUT2D eigenvalue weighted by atomic mass is 16.5. The molecule has 1 aromatic rings. The quantitative estimate of drug-likeness (QED) is 0.787. The summed E-state index contributed by atoms with van der Waals surface area (Å²) in [6.07, 6.45) is 2.40. The first-order valence-electron chi connectivity index (χ1n) is 6.91. The van der Waals surface area contributed by atoms with E-state index in [1.807, 2.05) is 26.0 Å². The van der Waals surface area contributed by atoms with Gasteiger partial charge in [0.05, 0.1) is 13.2 Å². The molecule has 0 radical (unpaired) electrons. The summed E-state index contributed by atoms with van der Waals surface area (Å²) in [5.74, 6) is 0.964. The molecular weight excluding hydrogens is 240 g/mol. The van der Waals surface area contributed by atoms with Gasteiger partial charge in [0.15, 0.2) is 0 Å². The number of carbonyl (C=O) groups excluding carboxylic acids is 1. The smallest absolute Gasteiger partial charge is 0.234 e. The molecule has 1 fully saturated rings. The van der Waals surface area contributed by atoms with Crippen LogP contribution in [0.4, 0.5) is 0 Å². The van der Waals surface area contributed by atoms with E-state index in [0.29, 0.717) is 25.7 Å². The molecule has 1 aliphatic carbocycles. The lowest BCUT2D eigenvalue weighted by atomic mass is 10.1. The summed E-state index contributed by atoms with van der Waals surface area (Å²) in [5.41, 5.74) is 2.20. The molecule has 2 rings (SSSR count). The summed E-state index contributed by atoms with van der Waals surface area (Å²) < 4.78 is 5.49. The van der Waals surface area contributed by atoms with Crippen LogP contribution in [0.1, 0.15) is 30.9 Å². The maximum Gasteiger partial charge on any atom is 0.234 e. The molecule has 0 bridgehead atoms. The summed E-state index contributed by atoms with van der Waals surface area (Å²) in [6, 6.07) is 6.58. The van der Waals surface area contributed by atoms with E-state index in [1.165, 1.54) is 12.8 Å². The SMILES string of the molecule is CCOc1ccc(CNC(=O)CNC2CC2)cc1C. The fourth-order valence-electron chi connectivity index (χ4n) is 1.93. The van der Waals surface area contributed by atoms with Crippen LogP contribution in [0.2, 0.25) is 0 Å². The Balaban J connectivity index is 1.78. The highest BCUT2D eigenvalue weighted by Crippen LogP contribution is 2.19. The zero-order valence-electron chi connectivity index (χ0n) is 11.7. The van der Waals surface area contributed by atoms with Gasteiger partial charge in [0.1, 0.15) is 5.75 Å². The first-order valence-corrected chi connectivity index (χ1v) is 6.91. The molecule has 19 heavy (non-hydrogen) atoms. The molecule has 2 N–H and O–H groups in total. The van der Waals surface area contributed by atoms with Crippen molar-refractivity contribution in [1.29, 1.82) is 0 Å². The van der Waals surface area contributed by atoms with Crippen molar-refractivity contribution in [2.24, 2.45) is 0 Å². The number of amides is 1. The van der Waals surface area contributed by atoms with Crippen LogP contribution in [0, 0.1) is 6.92 Å². The number of ether oxygens (including phenoxy) is 1. The fourth-order valence-corrected chi connectivity index (χ4v) is 1.93. The van der Waals surface area contributed by atoms with E-state index >= 15 is 0 Å². The van der Waals surface area contributed by atoms with Crippen molar-refractivity contribution in [2.75, 3.05) is 13.2 Å². The molecule has 0 aromatic heterocycles. The molecule has 0 heterocycles. The summed E-state index contributed by atoms with van der Waals surface area (Å²) in [6.45, 7) is 5.65. The lowest BCUT2D eigenvalue weighted by molar-refractivity contribution is -0.120. The Morgan fingerprint density at radius 1 is 1.42 bits per heavy atom. The first-order chi connectivity index (χ1) is 9.19. The van der Waals surface area contributed by atoms with E-state index in [-0.39, 0.29) is 5.91 Å². The minimum Gasteiger partial charge on any atom is -0.494 e. The summed E-state index contributed by atoms with van der Waals surface area (Å²) in [7, 11) is 0. The third-order valence-corrected chi connectivity index (χ3v) is 3.16. The van der Waals surface area contributed by atoms with Crippen molar-refractivity contribution < 1.29 is 9.53 Å². The zero-order valence-corrected chi connectivity index (χ0v) is 11.7. The van der Waals surface area contributed by atoms with Crippen molar-refractivity contribution in [2.45, 2.75) is 39.3 Å². The van der Waals surface area contributed by atoms with Crippen LogP contribution < -0.4 is 15.4 Å². The van der Waals surface area contributed by atoms with Gasteiger partial charge in [0.2, 0.25) is 5.91 Å². The summed E-state index contributed by atoms with van der Waals surface area (Å²) >= 11 is 0. The van der Waals surface area contributed by atoms with Gasteiger partial charge < -0.3 is 15.4 Å². The third kappa shape index (κ3) is 4.56. The molecule has 0 unspecified atom stereocenters. The number of benzene rings is 1. The normalized spacial score (nSPS) is 14.2. The average Bonchev–Trinajstić information content (AvgIpc) is 3.21. The van der Waals surface area contributed by atoms with E-state index in [0.717, 1.165) is 16.9 Å². The van der Waals surface area contributed by atoms with E-state index in [2.05, 4.69) is 16.7 Å². The van der Waals surface area contributed by atoms with Gasteiger partial charge in [-0.05, 0) is 43.9 Å². The predicted octanol–water partition coefficient (Wildman–Crippen LogP) is 1.76. The highest BCUT2D eigenvalue weighted by Gasteiger charge is 2.20. The van der Waals surface area contributed by atoms with Gasteiger partial charge in [-0.1, -0.05) is 12.1 Å². The van der Waals surface area contributed by atoms with Gasteiger partial charge in [-0.15, -0.1) is 0 Å². The number of hydrogen-bond acceptors (Lipinski definition) is 3. The summed E-state index contributed by atoms with van der Waals surface area (Å²) in [4.78, 5) is 11.6. The number of aryl methyl sites for hydroxylation is 1. The van der Waals surface area contributed by atoms with Gasteiger partial charge in [0, 0.05) is 12.6 Å². The molecular formula is C15H22N2O2. The van der Waals surface area contributed by atoms with Crippen LogP contribution in [0.25, 0.3) is 0 Å². The molecule has 1 aliphatic rings. The van der Waals surface area contributed by atoms with Crippen LogP contribution in [0.15, 0.2) is 18.2 Å². The molecule has 1 aromatic carbocycles. The largest absolute Gasteiger partial charge is 0.494 e. The summed E-state index contributed by atoms with van der Waals surface area (Å²) in [5, 5.41) is 6.12. The lowest BCUT2D eigenvalue weighted by Crippen LogP contribution is -2.34. The molecule has 4 nitrogen and oxygen atoms in total. The van der Waals surface area contributed by atoms with Crippen molar-refractivity contribution in [3.63, 3.8) is 0 Å². The van der Waals surface area contributed by atoms with E-state index in [4.69, 9.17) is 4.74 Å². The van der Waals surface area contributed by atoms with Gasteiger partial charge in [-0.2, -0.15) is 0 Å². The minimum absolute atomic E-state index is 0.0541. The van der Waals surface area contributed by atoms with Crippen LogP contribution in [0.3, 0.4) is 0 Å². The Hall–Kier alpha value is -1.55. The Bertz CT molecular complexity index is 442. The number of rotatable bonds is 7. The Morgan fingerprint density at radius 3 is 2.84 bits per heavy atom. The van der Waals surface area contributed by atoms with Gasteiger partial charge in [-0.3, -0.25) is 4.79 Å². The predicted molar refractivity (Wildman–Crippen MR) is 75.2 cm³/mol. The third-order valence-electron chi connectivity index (χ3n) is 3.16. The fraction of sp³-hybridized carbons (Fsp3) is 0.533. The average molecular weight is 262 g/mol. The zero-order chi connectivity index (χ0) is 13.7. The van der Waals surface area contributed by atoms with Gasteiger partial charge in [-0.25, -0.2) is 0 Å². The minimum atomic E-state index is 0.0541. The standard InChI is InChI=1S/C15H22N2O2/c1-3-19-14-7-4-12(8-11(14)2)9-17-15(18)10-16-13-5-6-13/h4,7-8,13,16H,3,5-6,9-10H2,1-2H3,(H,17,18). The Kier molecular flexibility index (Phi) is 4.80. The molecule has 4 heteroatoms. The van der Waals surface area contributed by atoms with Crippen LogP contribution in [-0.4, -0.2) is 25.1 Å².